The molecule has 6 nitrogen and oxygen atoms in total. The Morgan fingerprint density at radius 2 is 2.07 bits per heavy atom. The zero-order chi connectivity index (χ0) is 19.7. The fourth-order valence-corrected chi connectivity index (χ4v) is 4.21. The van der Waals surface area contributed by atoms with Crippen molar-refractivity contribution in [3.05, 3.63) is 41.4 Å². The largest absolute Gasteiger partial charge is 0.486 e. The third-order valence-electron chi connectivity index (χ3n) is 5.32. The first-order valence-corrected chi connectivity index (χ1v) is 9.95. The van der Waals surface area contributed by atoms with Crippen molar-refractivity contribution in [3.63, 3.8) is 0 Å². The topological polar surface area (TPSA) is 73.3 Å². The summed E-state index contributed by atoms with van der Waals surface area (Å²) < 4.78 is 11.7. The number of fused-ring (bicyclic) bond motifs is 1. The molecule has 2 aliphatic heterocycles. The van der Waals surface area contributed by atoms with E-state index >= 15 is 0 Å². The maximum Gasteiger partial charge on any atom is 0.223 e. The van der Waals surface area contributed by atoms with E-state index in [2.05, 4.69) is 21.4 Å². The van der Waals surface area contributed by atoms with Gasteiger partial charge in [0, 0.05) is 42.5 Å². The van der Waals surface area contributed by atoms with Crippen molar-refractivity contribution in [2.45, 2.75) is 44.8 Å². The van der Waals surface area contributed by atoms with Crippen molar-refractivity contribution in [1.29, 1.82) is 0 Å². The van der Waals surface area contributed by atoms with E-state index in [1.54, 1.807) is 12.4 Å². The van der Waals surface area contributed by atoms with Gasteiger partial charge in [0.25, 0.3) is 0 Å². The quantitative estimate of drug-likeness (QED) is 0.849. The molecule has 148 valence electrons. The number of carbonyl (C=O) groups is 1. The Balaban J connectivity index is 1.39. The Labute approximate surface area is 169 Å². The van der Waals surface area contributed by atoms with Gasteiger partial charge in [-0.15, -0.1) is 0 Å². The molecule has 1 saturated heterocycles. The third-order valence-corrected chi connectivity index (χ3v) is 5.60. The van der Waals surface area contributed by atoms with Gasteiger partial charge in [0.15, 0.2) is 0 Å². The lowest BCUT2D eigenvalue weighted by Crippen LogP contribution is -2.43. The summed E-state index contributed by atoms with van der Waals surface area (Å²) in [5, 5.41) is 3.62. The number of halogens is 1. The van der Waals surface area contributed by atoms with Crippen LogP contribution in [0.3, 0.4) is 0 Å². The van der Waals surface area contributed by atoms with Gasteiger partial charge in [0.2, 0.25) is 5.91 Å². The summed E-state index contributed by atoms with van der Waals surface area (Å²) in [6.07, 6.45) is 7.10. The van der Waals surface area contributed by atoms with Gasteiger partial charge in [-0.1, -0.05) is 11.6 Å². The summed E-state index contributed by atoms with van der Waals surface area (Å²) in [4.78, 5) is 20.7. The number of amides is 1. The van der Waals surface area contributed by atoms with Crippen LogP contribution in [-0.4, -0.2) is 40.7 Å². The van der Waals surface area contributed by atoms with Gasteiger partial charge in [-0.3, -0.25) is 4.79 Å². The first-order chi connectivity index (χ1) is 13.4. The molecule has 0 saturated carbocycles. The number of hydrogen-bond donors (Lipinski definition) is 1. The fraction of sp³-hybridized carbons (Fsp3) is 0.476. The number of nitrogens with zero attached hydrogens (tertiary/aromatic N) is 2. The SMILES string of the molecule is CC1(C)C[C@@H](C(=O)NC[C@@H]2Cc3cc(-c4cncnc4)cc(Cl)c3O2)CCO1. The molecule has 0 spiro atoms. The van der Waals surface area contributed by atoms with Crippen LogP contribution in [0.4, 0.5) is 0 Å². The van der Waals surface area contributed by atoms with E-state index < -0.39 is 0 Å². The number of carbonyl (C=O) groups excluding carboxylic acids is 1. The molecule has 3 heterocycles. The number of benzene rings is 1. The van der Waals surface area contributed by atoms with E-state index in [4.69, 9.17) is 21.1 Å². The average molecular weight is 402 g/mol. The minimum absolute atomic E-state index is 0.0131. The predicted molar refractivity (Wildman–Crippen MR) is 106 cm³/mol. The van der Waals surface area contributed by atoms with Crippen LogP contribution < -0.4 is 10.1 Å². The molecule has 0 unspecified atom stereocenters. The van der Waals surface area contributed by atoms with Crippen LogP contribution in [0.5, 0.6) is 5.75 Å². The van der Waals surface area contributed by atoms with Crippen molar-refractivity contribution in [2.75, 3.05) is 13.2 Å². The van der Waals surface area contributed by atoms with Crippen molar-refractivity contribution < 1.29 is 14.3 Å². The van der Waals surface area contributed by atoms with E-state index in [1.165, 1.54) is 6.33 Å². The minimum Gasteiger partial charge on any atom is -0.486 e. The number of rotatable bonds is 4. The first-order valence-electron chi connectivity index (χ1n) is 9.57. The summed E-state index contributed by atoms with van der Waals surface area (Å²) in [5.74, 6) is 0.763. The molecule has 1 aromatic heterocycles. The fourth-order valence-electron chi connectivity index (χ4n) is 3.93. The highest BCUT2D eigenvalue weighted by Gasteiger charge is 2.33. The monoisotopic (exact) mass is 401 g/mol. The average Bonchev–Trinajstić information content (AvgIpc) is 3.10. The lowest BCUT2D eigenvalue weighted by Gasteiger charge is -2.34. The van der Waals surface area contributed by atoms with Crippen molar-refractivity contribution >= 4 is 17.5 Å². The molecule has 2 aromatic rings. The molecule has 1 fully saturated rings. The molecule has 7 heteroatoms. The third kappa shape index (κ3) is 4.13. The summed E-state index contributed by atoms with van der Waals surface area (Å²) in [7, 11) is 0. The second-order valence-electron chi connectivity index (χ2n) is 8.06. The standard InChI is InChI=1S/C21H24ClN3O3/c1-21(2)8-13(3-4-27-21)20(26)25-11-17-6-15-5-14(7-18(22)19(15)28-17)16-9-23-12-24-10-16/h5,7,9-10,12-13,17H,3-4,6,8,11H2,1-2H3,(H,25,26)/t13-,17-/m0/s1. The van der Waals surface area contributed by atoms with Crippen LogP contribution in [-0.2, 0) is 16.0 Å². The second-order valence-corrected chi connectivity index (χ2v) is 8.47. The maximum atomic E-state index is 12.6. The first kappa shape index (κ1) is 19.2. The van der Waals surface area contributed by atoms with Gasteiger partial charge in [-0.2, -0.15) is 0 Å². The van der Waals surface area contributed by atoms with Gasteiger partial charge < -0.3 is 14.8 Å². The molecule has 1 aromatic carbocycles. The summed E-state index contributed by atoms with van der Waals surface area (Å²) in [6.45, 7) is 5.14. The molecule has 2 aliphatic rings. The molecule has 28 heavy (non-hydrogen) atoms. The Morgan fingerprint density at radius 3 is 2.82 bits per heavy atom. The van der Waals surface area contributed by atoms with Crippen molar-refractivity contribution in [2.24, 2.45) is 5.92 Å². The second kappa shape index (κ2) is 7.68. The smallest absolute Gasteiger partial charge is 0.223 e. The highest BCUT2D eigenvalue weighted by atomic mass is 35.5. The molecule has 0 bridgehead atoms. The number of ether oxygens (including phenoxy) is 2. The Kier molecular flexibility index (Phi) is 5.25. The zero-order valence-electron chi connectivity index (χ0n) is 16.1. The molecule has 2 atom stereocenters. The molecule has 1 amide bonds. The minimum atomic E-state index is -0.245. The van der Waals surface area contributed by atoms with Crippen LogP contribution in [0.25, 0.3) is 11.1 Å². The zero-order valence-corrected chi connectivity index (χ0v) is 16.8. The van der Waals surface area contributed by atoms with E-state index in [1.807, 2.05) is 19.9 Å². The highest BCUT2D eigenvalue weighted by Crippen LogP contribution is 2.39. The van der Waals surface area contributed by atoms with E-state index in [9.17, 15) is 4.79 Å². The Bertz CT molecular complexity index is 873. The van der Waals surface area contributed by atoms with Gasteiger partial charge >= 0.3 is 0 Å². The van der Waals surface area contributed by atoms with E-state index in [0.717, 1.165) is 29.5 Å². The number of hydrogen-bond acceptors (Lipinski definition) is 5. The highest BCUT2D eigenvalue weighted by molar-refractivity contribution is 6.32. The summed E-state index contributed by atoms with van der Waals surface area (Å²) in [6, 6.07) is 3.92. The van der Waals surface area contributed by atoms with Gasteiger partial charge in [-0.25, -0.2) is 9.97 Å². The van der Waals surface area contributed by atoms with Gasteiger partial charge in [0.05, 0.1) is 17.2 Å². The molecule has 0 aliphatic carbocycles. The number of aromatic nitrogens is 2. The molecule has 1 N–H and O–H groups in total. The van der Waals surface area contributed by atoms with Crippen LogP contribution in [0, 0.1) is 5.92 Å². The lowest BCUT2D eigenvalue weighted by molar-refractivity contribution is -0.135. The summed E-state index contributed by atoms with van der Waals surface area (Å²) in [5.41, 5.74) is 2.66. The molecule has 0 radical (unpaired) electrons. The van der Waals surface area contributed by atoms with Crippen LogP contribution in [0.15, 0.2) is 30.9 Å². The van der Waals surface area contributed by atoms with Gasteiger partial charge in [0.1, 0.15) is 18.2 Å². The Morgan fingerprint density at radius 1 is 1.29 bits per heavy atom. The molecule has 4 rings (SSSR count). The lowest BCUT2D eigenvalue weighted by atomic mass is 9.88. The normalized spacial score (nSPS) is 23.0. The number of nitrogens with one attached hydrogen (secondary N) is 1. The summed E-state index contributed by atoms with van der Waals surface area (Å²) >= 11 is 6.44. The maximum absolute atomic E-state index is 12.6. The van der Waals surface area contributed by atoms with Crippen molar-refractivity contribution in [3.8, 4) is 16.9 Å². The molecular weight excluding hydrogens is 378 g/mol. The Hall–Kier alpha value is -2.18. The van der Waals surface area contributed by atoms with E-state index in [0.29, 0.717) is 30.3 Å². The van der Waals surface area contributed by atoms with Crippen LogP contribution >= 0.6 is 11.6 Å². The van der Waals surface area contributed by atoms with E-state index in [-0.39, 0.29) is 23.5 Å². The van der Waals surface area contributed by atoms with Crippen LogP contribution in [0.2, 0.25) is 5.02 Å². The van der Waals surface area contributed by atoms with Gasteiger partial charge in [-0.05, 0) is 44.4 Å². The van der Waals surface area contributed by atoms with Crippen LogP contribution in [0.1, 0.15) is 32.3 Å². The molecular formula is C21H24ClN3O3. The van der Waals surface area contributed by atoms with Crippen molar-refractivity contribution in [1.82, 2.24) is 15.3 Å². The predicted octanol–water partition coefficient (Wildman–Crippen LogP) is 3.42.